The summed E-state index contributed by atoms with van der Waals surface area (Å²) >= 11 is 4.60. The molecule has 0 fully saturated rings. The number of hydrogen-bond donors (Lipinski definition) is 2. The number of nitrogens with one attached hydrogen (secondary N) is 1. The van der Waals surface area contributed by atoms with E-state index in [2.05, 4.69) is 82.3 Å². The summed E-state index contributed by atoms with van der Waals surface area (Å²) < 4.78 is 1.14. The van der Waals surface area contributed by atoms with Crippen molar-refractivity contribution < 1.29 is 0 Å². The highest BCUT2D eigenvalue weighted by atomic mass is 79.9. The molecule has 0 heterocycles. The summed E-state index contributed by atoms with van der Waals surface area (Å²) in [6.45, 7) is 6.59. The summed E-state index contributed by atoms with van der Waals surface area (Å²) in [6.07, 6.45) is 9.00. The largest absolute Gasteiger partial charge is 0.378 e. The predicted octanol–water partition coefficient (Wildman–Crippen LogP) is 5.98. The van der Waals surface area contributed by atoms with Crippen molar-refractivity contribution in [1.29, 1.82) is 5.41 Å². The third-order valence-corrected chi connectivity index (χ3v) is 3.62. The molecule has 0 saturated heterocycles. The number of benzene rings is 2. The first-order chi connectivity index (χ1) is 12.7. The van der Waals surface area contributed by atoms with Crippen LogP contribution in [0.1, 0.15) is 31.9 Å². The lowest BCUT2D eigenvalue weighted by molar-refractivity contribution is 1.13. The van der Waals surface area contributed by atoms with Crippen molar-refractivity contribution in [2.45, 2.75) is 27.2 Å². The van der Waals surface area contributed by atoms with Crippen molar-refractivity contribution in [1.82, 2.24) is 0 Å². The minimum Gasteiger partial charge on any atom is -0.378 e. The molecule has 0 atom stereocenters. The molecule has 0 unspecified atom stereocenters. The van der Waals surface area contributed by atoms with Crippen LogP contribution in [0, 0.1) is 18.3 Å². The highest BCUT2D eigenvalue weighted by Gasteiger charge is 1.95. The summed E-state index contributed by atoms with van der Waals surface area (Å²) in [5, 5.41) is 7.05. The van der Waals surface area contributed by atoms with Gasteiger partial charge < -0.3 is 11.1 Å². The van der Waals surface area contributed by atoms with Crippen molar-refractivity contribution in [3.8, 4) is 12.8 Å². The maximum absolute atomic E-state index is 6.59. The van der Waals surface area contributed by atoms with E-state index in [4.69, 9.17) is 11.1 Å². The van der Waals surface area contributed by atoms with Crippen LogP contribution in [0.2, 0.25) is 0 Å². The van der Waals surface area contributed by atoms with Crippen LogP contribution in [0.25, 0.3) is 0 Å². The van der Waals surface area contributed by atoms with Crippen molar-refractivity contribution in [2.24, 2.45) is 10.7 Å². The second-order valence-corrected chi connectivity index (χ2v) is 6.15. The second kappa shape index (κ2) is 19.3. The van der Waals surface area contributed by atoms with E-state index < -0.39 is 0 Å². The first kappa shape index (κ1) is 26.2. The average molecular weight is 434 g/mol. The number of nitrogens with two attached hydrogens (primary N) is 1. The van der Waals surface area contributed by atoms with Crippen LogP contribution in [0.3, 0.4) is 0 Å². The average Bonchev–Trinajstić information content (AvgIpc) is 2.67. The molecule has 140 valence electrons. The molecular formula is C21H28BrN3S. The Balaban J connectivity index is 0. The van der Waals surface area contributed by atoms with Crippen molar-refractivity contribution in [3.63, 3.8) is 0 Å². The molecule has 3 N–H and O–H groups in total. The molecule has 3 nitrogen and oxygen atoms in total. The summed E-state index contributed by atoms with van der Waals surface area (Å²) in [4.78, 5) is 3.82. The van der Waals surface area contributed by atoms with E-state index in [1.54, 1.807) is 0 Å². The first-order valence-electron chi connectivity index (χ1n) is 8.23. The summed E-state index contributed by atoms with van der Waals surface area (Å²) in [5.41, 5.74) is 9.11. The number of amidine groups is 1. The maximum atomic E-state index is 6.59. The molecule has 5 heteroatoms. The van der Waals surface area contributed by atoms with Gasteiger partial charge in [-0.2, -0.15) is 0 Å². The van der Waals surface area contributed by atoms with Gasteiger partial charge in [-0.25, -0.2) is 0 Å². The second-order valence-electron chi connectivity index (χ2n) is 4.34. The van der Waals surface area contributed by atoms with E-state index in [9.17, 15) is 0 Å². The molecule has 2 rings (SSSR count). The van der Waals surface area contributed by atoms with Gasteiger partial charge >= 0.3 is 0 Å². The minimum atomic E-state index is 0.461. The lowest BCUT2D eigenvalue weighted by Crippen LogP contribution is -2.06. The van der Waals surface area contributed by atoms with Crippen LogP contribution in [-0.4, -0.2) is 17.3 Å². The Labute approximate surface area is 171 Å². The van der Waals surface area contributed by atoms with E-state index in [0.29, 0.717) is 11.7 Å². The van der Waals surface area contributed by atoms with Gasteiger partial charge in [0.25, 0.3) is 0 Å². The van der Waals surface area contributed by atoms with E-state index >= 15 is 0 Å². The Hall–Kier alpha value is -2.03. The quantitative estimate of drug-likeness (QED) is 0.353. The zero-order valence-corrected chi connectivity index (χ0v) is 18.1. The van der Waals surface area contributed by atoms with Crippen molar-refractivity contribution in [2.75, 3.05) is 6.54 Å². The van der Waals surface area contributed by atoms with Crippen molar-refractivity contribution >= 4 is 38.4 Å². The van der Waals surface area contributed by atoms with Gasteiger partial charge in [-0.3, -0.25) is 4.99 Å². The fraction of sp³-hybridized carbons (Fsp3) is 0.238. The lowest BCUT2D eigenvalue weighted by Gasteiger charge is -2.01. The van der Waals surface area contributed by atoms with Gasteiger partial charge in [0.05, 0.1) is 5.55 Å². The zero-order valence-electron chi connectivity index (χ0n) is 15.7. The fourth-order valence-corrected chi connectivity index (χ4v) is 2.50. The number of terminal acetylenes is 1. The molecule has 0 aliphatic rings. The lowest BCUT2D eigenvalue weighted by atomic mass is 10.1. The Morgan fingerprint density at radius 3 is 2.19 bits per heavy atom. The monoisotopic (exact) mass is 433 g/mol. The molecule has 0 amide bonds. The van der Waals surface area contributed by atoms with Crippen LogP contribution in [0.15, 0.2) is 64.1 Å². The summed E-state index contributed by atoms with van der Waals surface area (Å²) in [6, 6.07) is 18.9. The number of halogens is 1. The molecule has 2 aromatic carbocycles. The topological polar surface area (TPSA) is 62.2 Å². The molecule has 0 radical (unpaired) electrons. The SMILES string of the molecule is Brc1cccc(Cc2ccccc2)c1.C#C.CC.CCN=C(N)SC=N. The zero-order chi connectivity index (χ0) is 20.2. The summed E-state index contributed by atoms with van der Waals surface area (Å²) in [7, 11) is 0. The van der Waals surface area contributed by atoms with Crippen LogP contribution in [-0.2, 0) is 6.42 Å². The van der Waals surface area contributed by atoms with Crippen LogP contribution >= 0.6 is 27.7 Å². The molecule has 2 aromatic rings. The molecule has 0 aliphatic heterocycles. The molecule has 0 spiro atoms. The van der Waals surface area contributed by atoms with Crippen LogP contribution in [0.5, 0.6) is 0 Å². The van der Waals surface area contributed by atoms with Crippen molar-refractivity contribution in [3.05, 3.63) is 70.2 Å². The van der Waals surface area contributed by atoms with E-state index in [1.165, 1.54) is 11.1 Å². The molecule has 26 heavy (non-hydrogen) atoms. The van der Waals surface area contributed by atoms with Gasteiger partial charge in [-0.15, -0.1) is 12.8 Å². The highest BCUT2D eigenvalue weighted by Crippen LogP contribution is 2.14. The number of rotatable bonds is 4. The maximum Gasteiger partial charge on any atom is 0.159 e. The smallest absolute Gasteiger partial charge is 0.159 e. The van der Waals surface area contributed by atoms with E-state index in [1.807, 2.05) is 26.8 Å². The van der Waals surface area contributed by atoms with Gasteiger partial charge in [-0.1, -0.05) is 72.2 Å². The molecule has 0 aliphatic carbocycles. The first-order valence-corrected chi connectivity index (χ1v) is 9.90. The number of aliphatic imine (C=N–C) groups is 1. The van der Waals surface area contributed by atoms with Gasteiger partial charge in [0.2, 0.25) is 0 Å². The van der Waals surface area contributed by atoms with Gasteiger partial charge in [-0.05, 0) is 48.4 Å². The number of hydrogen-bond acceptors (Lipinski definition) is 3. The molecule has 0 aromatic heterocycles. The third-order valence-electron chi connectivity index (χ3n) is 2.63. The Kier molecular flexibility index (Phi) is 19.4. The Bertz CT molecular complexity index is 640. The minimum absolute atomic E-state index is 0.461. The van der Waals surface area contributed by atoms with Crippen LogP contribution < -0.4 is 5.73 Å². The van der Waals surface area contributed by atoms with Gasteiger partial charge in [0, 0.05) is 11.0 Å². The number of nitrogens with zero attached hydrogens (tertiary/aromatic N) is 1. The normalized spacial score (nSPS) is 9.23. The Morgan fingerprint density at radius 2 is 1.69 bits per heavy atom. The predicted molar refractivity (Wildman–Crippen MR) is 123 cm³/mol. The van der Waals surface area contributed by atoms with Crippen LogP contribution in [0.4, 0.5) is 0 Å². The fourth-order valence-electron chi connectivity index (χ4n) is 1.73. The van der Waals surface area contributed by atoms with Gasteiger partial charge in [0.1, 0.15) is 0 Å². The standard InChI is InChI=1S/C13H11Br.C4H9N3S.C2H6.C2H2/c14-13-8-4-7-12(10-13)9-11-5-2-1-3-6-11;1-2-7-4(6)8-3-5;2*1-2/h1-8,10H,9H2;3,5H,2H2,1H3,(H2,6,7);1-2H3;1-2H. The molecule has 0 bridgehead atoms. The molecule has 0 saturated carbocycles. The number of thioether (sulfide) groups is 1. The van der Waals surface area contributed by atoms with Gasteiger partial charge in [0.15, 0.2) is 5.17 Å². The third kappa shape index (κ3) is 14.3. The van der Waals surface area contributed by atoms with E-state index in [0.717, 1.165) is 28.2 Å². The van der Waals surface area contributed by atoms with E-state index in [-0.39, 0.29) is 0 Å². The summed E-state index contributed by atoms with van der Waals surface area (Å²) in [5.74, 6) is 0. The Morgan fingerprint density at radius 1 is 1.12 bits per heavy atom. The molecular weight excluding hydrogens is 406 g/mol. The highest BCUT2D eigenvalue weighted by molar-refractivity contribution is 9.10.